The van der Waals surface area contributed by atoms with Gasteiger partial charge < -0.3 is 4.90 Å². The third-order valence-corrected chi connectivity index (χ3v) is 15.4. The Balaban J connectivity index is 1.05. The minimum atomic E-state index is -0.123. The van der Waals surface area contributed by atoms with Crippen LogP contribution in [0.1, 0.15) is 68.6 Å². The molecule has 2 aliphatic rings. The fraction of sp³-hybridized carbons (Fsp3) is 0.148. The van der Waals surface area contributed by atoms with Crippen molar-refractivity contribution in [2.24, 2.45) is 0 Å². The van der Waals surface area contributed by atoms with Gasteiger partial charge in [0.25, 0.3) is 0 Å². The van der Waals surface area contributed by atoms with E-state index in [2.05, 4.69) is 213 Å². The molecule has 63 heavy (non-hydrogen) atoms. The van der Waals surface area contributed by atoms with E-state index < -0.39 is 0 Å². The molecule has 1 heterocycles. The Hall–Kier alpha value is -6.74. The van der Waals surface area contributed by atoms with E-state index in [0.29, 0.717) is 5.92 Å². The maximum atomic E-state index is 2.51. The Labute approximate surface area is 374 Å². The van der Waals surface area contributed by atoms with Gasteiger partial charge in [0.05, 0.1) is 5.69 Å². The molecule has 10 aromatic rings. The summed E-state index contributed by atoms with van der Waals surface area (Å²) in [6.07, 6.45) is 6.50. The lowest BCUT2D eigenvalue weighted by atomic mass is 9.79. The average Bonchev–Trinajstić information content (AvgIpc) is 3.84. The molecule has 0 bridgehead atoms. The number of anilines is 3. The Morgan fingerprint density at radius 3 is 1.98 bits per heavy atom. The number of para-hydroxylation sites is 1. The van der Waals surface area contributed by atoms with Crippen LogP contribution in [0.4, 0.5) is 17.1 Å². The molecular weight excluding hydrogens is 779 g/mol. The number of nitrogens with zero attached hydrogens (tertiary/aromatic N) is 1. The zero-order valence-electron chi connectivity index (χ0n) is 35.9. The second kappa shape index (κ2) is 15.3. The van der Waals surface area contributed by atoms with E-state index in [4.69, 9.17) is 0 Å². The largest absolute Gasteiger partial charge is 0.310 e. The van der Waals surface area contributed by atoms with Gasteiger partial charge in [-0.3, -0.25) is 0 Å². The van der Waals surface area contributed by atoms with Crippen LogP contribution in [0.5, 0.6) is 0 Å². The summed E-state index contributed by atoms with van der Waals surface area (Å²) < 4.78 is 2.65. The first-order valence-electron chi connectivity index (χ1n) is 22.8. The number of thiophene rings is 1. The molecule has 9 aromatic carbocycles. The summed E-state index contributed by atoms with van der Waals surface area (Å²) in [5.74, 6) is 0.587. The van der Waals surface area contributed by atoms with E-state index in [0.717, 1.165) is 11.4 Å². The lowest BCUT2D eigenvalue weighted by Gasteiger charge is -2.30. The molecule has 0 aliphatic heterocycles. The molecule has 2 heteroatoms. The molecule has 0 amide bonds. The number of benzene rings is 9. The lowest BCUT2D eigenvalue weighted by molar-refractivity contribution is 0.445. The van der Waals surface area contributed by atoms with Crippen molar-refractivity contribution in [3.05, 3.63) is 211 Å². The van der Waals surface area contributed by atoms with E-state index in [-0.39, 0.29) is 5.41 Å². The summed E-state index contributed by atoms with van der Waals surface area (Å²) in [5.41, 5.74) is 17.9. The van der Waals surface area contributed by atoms with E-state index in [9.17, 15) is 0 Å². The standard InChI is InChI=1S/C61H49NS/c1-61(2)54-31-9-6-23-49(54)52-30-15-28-48(60(52)61)43-21-12-22-45(39-43)62(44-37-35-41(36-38-44)47-27-16-34-57-59(47)53-25-8-11-33-56(53)63-57)55-32-10-7-24-50(55)51-29-14-20-42-19-13-26-46(58(42)51)40-17-4-3-5-18-40/h6-16,19-40H,3-5,17-18H2,1-2H3. The van der Waals surface area contributed by atoms with Crippen molar-refractivity contribution in [1.82, 2.24) is 0 Å². The van der Waals surface area contributed by atoms with Crippen molar-refractivity contribution in [1.29, 1.82) is 0 Å². The number of hydrogen-bond acceptors (Lipinski definition) is 2. The lowest BCUT2D eigenvalue weighted by Crippen LogP contribution is -2.16. The molecule has 0 spiro atoms. The van der Waals surface area contributed by atoms with Crippen molar-refractivity contribution in [2.75, 3.05) is 4.90 Å². The first kappa shape index (κ1) is 38.0. The third-order valence-electron chi connectivity index (χ3n) is 14.3. The van der Waals surface area contributed by atoms with Crippen LogP contribution in [0.25, 0.3) is 75.5 Å². The topological polar surface area (TPSA) is 3.24 Å². The molecule has 12 rings (SSSR count). The highest BCUT2D eigenvalue weighted by molar-refractivity contribution is 7.25. The van der Waals surface area contributed by atoms with Gasteiger partial charge in [0, 0.05) is 42.5 Å². The van der Waals surface area contributed by atoms with E-state index in [1.807, 2.05) is 11.3 Å². The quantitative estimate of drug-likeness (QED) is 0.155. The van der Waals surface area contributed by atoms with Crippen LogP contribution in [0.15, 0.2) is 194 Å². The minimum Gasteiger partial charge on any atom is -0.310 e. The van der Waals surface area contributed by atoms with Crippen molar-refractivity contribution in [3.8, 4) is 44.5 Å². The highest BCUT2D eigenvalue weighted by Gasteiger charge is 2.37. The van der Waals surface area contributed by atoms with Gasteiger partial charge in [-0.15, -0.1) is 11.3 Å². The number of fused-ring (bicyclic) bond motifs is 7. The van der Waals surface area contributed by atoms with Crippen LogP contribution in [0.2, 0.25) is 0 Å². The second-order valence-corrected chi connectivity index (χ2v) is 19.3. The summed E-state index contributed by atoms with van der Waals surface area (Å²) in [5, 5.41) is 5.39. The van der Waals surface area contributed by atoms with Crippen molar-refractivity contribution in [3.63, 3.8) is 0 Å². The van der Waals surface area contributed by atoms with Crippen LogP contribution in [0.3, 0.4) is 0 Å². The molecule has 2 aliphatic carbocycles. The zero-order chi connectivity index (χ0) is 42.1. The molecule has 0 N–H and O–H groups in total. The van der Waals surface area contributed by atoms with Crippen LogP contribution in [-0.4, -0.2) is 0 Å². The molecule has 1 fully saturated rings. The normalized spacial score (nSPS) is 14.6. The van der Waals surface area contributed by atoms with Crippen molar-refractivity contribution >= 4 is 59.3 Å². The first-order valence-corrected chi connectivity index (χ1v) is 23.6. The Morgan fingerprint density at radius 1 is 0.460 bits per heavy atom. The molecule has 304 valence electrons. The first-order chi connectivity index (χ1) is 31.0. The van der Waals surface area contributed by atoms with Crippen LogP contribution in [-0.2, 0) is 5.41 Å². The molecule has 0 unspecified atom stereocenters. The molecule has 1 aromatic heterocycles. The molecule has 1 saturated carbocycles. The Kier molecular flexibility index (Phi) is 9.20. The number of hydrogen-bond donors (Lipinski definition) is 0. The van der Waals surface area contributed by atoms with Gasteiger partial charge in [0.2, 0.25) is 0 Å². The van der Waals surface area contributed by atoms with E-state index in [1.165, 1.54) is 130 Å². The second-order valence-electron chi connectivity index (χ2n) is 18.2. The molecule has 0 atom stereocenters. The molecule has 0 saturated heterocycles. The maximum absolute atomic E-state index is 2.51. The van der Waals surface area contributed by atoms with Gasteiger partial charge in [-0.2, -0.15) is 0 Å². The predicted molar refractivity (Wildman–Crippen MR) is 271 cm³/mol. The average molecular weight is 828 g/mol. The van der Waals surface area contributed by atoms with Gasteiger partial charge in [0.15, 0.2) is 0 Å². The summed E-state index contributed by atoms with van der Waals surface area (Å²) in [6.45, 7) is 4.78. The van der Waals surface area contributed by atoms with Gasteiger partial charge >= 0.3 is 0 Å². The fourth-order valence-electron chi connectivity index (χ4n) is 11.4. The van der Waals surface area contributed by atoms with Crippen molar-refractivity contribution < 1.29 is 0 Å². The summed E-state index contributed by atoms with van der Waals surface area (Å²) >= 11 is 1.88. The number of rotatable bonds is 7. The predicted octanol–water partition coefficient (Wildman–Crippen LogP) is 18.0. The SMILES string of the molecule is CC1(C)c2ccccc2-c2cccc(-c3cccc(N(c4ccc(-c5cccc6sc7ccccc7c56)cc4)c4ccccc4-c4cccc5cccc(C6CCCCC6)c45)c3)c21. The van der Waals surface area contributed by atoms with Gasteiger partial charge in [-0.25, -0.2) is 0 Å². The van der Waals surface area contributed by atoms with Crippen LogP contribution < -0.4 is 4.90 Å². The Bertz CT molecular complexity index is 3360. The van der Waals surface area contributed by atoms with E-state index in [1.54, 1.807) is 0 Å². The highest BCUT2D eigenvalue weighted by Crippen LogP contribution is 2.53. The van der Waals surface area contributed by atoms with E-state index >= 15 is 0 Å². The smallest absolute Gasteiger partial charge is 0.0540 e. The van der Waals surface area contributed by atoms with Gasteiger partial charge in [0.1, 0.15) is 0 Å². The summed E-state index contributed by atoms with van der Waals surface area (Å²) in [4.78, 5) is 2.51. The maximum Gasteiger partial charge on any atom is 0.0540 e. The summed E-state index contributed by atoms with van der Waals surface area (Å²) in [7, 11) is 0. The zero-order valence-corrected chi connectivity index (χ0v) is 36.8. The monoisotopic (exact) mass is 827 g/mol. The van der Waals surface area contributed by atoms with Crippen LogP contribution in [0, 0.1) is 0 Å². The fourth-order valence-corrected chi connectivity index (χ4v) is 12.5. The molecular formula is C61H49NS. The van der Waals surface area contributed by atoms with Gasteiger partial charge in [-0.1, -0.05) is 185 Å². The summed E-state index contributed by atoms with van der Waals surface area (Å²) in [6, 6.07) is 73.1. The Morgan fingerprint density at radius 2 is 1.11 bits per heavy atom. The molecule has 0 radical (unpaired) electrons. The van der Waals surface area contributed by atoms with Gasteiger partial charge in [-0.05, 0) is 128 Å². The minimum absolute atomic E-state index is 0.123. The van der Waals surface area contributed by atoms with Crippen LogP contribution >= 0.6 is 11.3 Å². The third kappa shape index (κ3) is 6.26. The van der Waals surface area contributed by atoms with Crippen molar-refractivity contribution in [2.45, 2.75) is 57.3 Å². The molecule has 1 nitrogen and oxygen atoms in total. The highest BCUT2D eigenvalue weighted by atomic mass is 32.1.